The summed E-state index contributed by atoms with van der Waals surface area (Å²) in [5.41, 5.74) is 0. The van der Waals surface area contributed by atoms with Crippen LogP contribution in [0.1, 0.15) is 20.8 Å². The normalized spacial score (nSPS) is 11.5. The first-order valence-electron chi connectivity index (χ1n) is 5.87. The van der Waals surface area contributed by atoms with E-state index in [2.05, 4.69) is 0 Å². The van der Waals surface area contributed by atoms with Crippen LogP contribution in [0.2, 0.25) is 6.04 Å². The van der Waals surface area contributed by atoms with E-state index >= 15 is 0 Å². The van der Waals surface area contributed by atoms with Gasteiger partial charge in [0.25, 0.3) is 0 Å². The molecular formula is C10H23NO5Si. The van der Waals surface area contributed by atoms with E-state index in [0.717, 1.165) is 0 Å². The van der Waals surface area contributed by atoms with Gasteiger partial charge in [0.1, 0.15) is 0 Å². The maximum absolute atomic E-state index is 10.7. The smallest absolute Gasteiger partial charge is 0.465 e. The zero-order valence-electron chi connectivity index (χ0n) is 11.1. The third-order valence-corrected chi connectivity index (χ3v) is 5.19. The summed E-state index contributed by atoms with van der Waals surface area (Å²) in [6.07, 6.45) is -0.961. The van der Waals surface area contributed by atoms with Gasteiger partial charge in [0, 0.05) is 39.5 Å². The molecule has 1 N–H and O–H groups in total. The number of nitrogens with zero attached hydrogens (tertiary/aromatic N) is 1. The SMILES string of the molecule is CCO[Si](CCN(C)C(=O)O)(OCC)OCC. The molecule has 0 fully saturated rings. The van der Waals surface area contributed by atoms with Crippen molar-refractivity contribution in [3.8, 4) is 0 Å². The molecule has 0 aliphatic carbocycles. The standard InChI is InChI=1S/C10H23NO5Si/c1-5-14-17(15-6-2,16-7-3)9-8-11(4)10(12)13/h5-9H2,1-4H3,(H,12,13). The molecule has 6 nitrogen and oxygen atoms in total. The summed E-state index contributed by atoms with van der Waals surface area (Å²) in [6, 6.07) is 0.478. The van der Waals surface area contributed by atoms with Crippen molar-refractivity contribution in [2.45, 2.75) is 26.8 Å². The van der Waals surface area contributed by atoms with Crippen molar-refractivity contribution in [1.82, 2.24) is 4.90 Å². The van der Waals surface area contributed by atoms with Crippen molar-refractivity contribution in [3.63, 3.8) is 0 Å². The highest BCUT2D eigenvalue weighted by Gasteiger charge is 2.40. The number of hydrogen-bond acceptors (Lipinski definition) is 4. The monoisotopic (exact) mass is 265 g/mol. The number of carboxylic acid groups (broad SMARTS) is 1. The molecule has 0 saturated heterocycles. The molecule has 102 valence electrons. The zero-order chi connectivity index (χ0) is 13.3. The highest BCUT2D eigenvalue weighted by Crippen LogP contribution is 2.16. The zero-order valence-corrected chi connectivity index (χ0v) is 12.1. The van der Waals surface area contributed by atoms with Crippen LogP contribution in [0.4, 0.5) is 4.79 Å². The summed E-state index contributed by atoms with van der Waals surface area (Å²) in [6.45, 7) is 7.48. The number of rotatable bonds is 9. The molecule has 0 atom stereocenters. The van der Waals surface area contributed by atoms with E-state index in [9.17, 15) is 4.79 Å². The Morgan fingerprint density at radius 2 is 1.53 bits per heavy atom. The van der Waals surface area contributed by atoms with Gasteiger partial charge in [0.15, 0.2) is 0 Å². The van der Waals surface area contributed by atoms with Crippen LogP contribution in [0.5, 0.6) is 0 Å². The third-order valence-electron chi connectivity index (χ3n) is 2.17. The second kappa shape index (κ2) is 8.46. The van der Waals surface area contributed by atoms with Crippen LogP contribution in [-0.2, 0) is 13.3 Å². The Balaban J connectivity index is 4.47. The average molecular weight is 265 g/mol. The average Bonchev–Trinajstić information content (AvgIpc) is 2.27. The summed E-state index contributed by atoms with van der Waals surface area (Å²) >= 11 is 0. The summed E-state index contributed by atoms with van der Waals surface area (Å²) in [7, 11) is -1.19. The molecule has 17 heavy (non-hydrogen) atoms. The first-order valence-corrected chi connectivity index (χ1v) is 7.80. The van der Waals surface area contributed by atoms with Crippen LogP contribution in [0, 0.1) is 0 Å². The first-order chi connectivity index (χ1) is 8.01. The topological polar surface area (TPSA) is 68.2 Å². The minimum Gasteiger partial charge on any atom is -0.465 e. The maximum Gasteiger partial charge on any atom is 0.502 e. The Hall–Kier alpha value is -0.633. The van der Waals surface area contributed by atoms with Crippen molar-refractivity contribution >= 4 is 14.9 Å². The molecule has 0 aromatic heterocycles. The third kappa shape index (κ3) is 6.01. The fraction of sp³-hybridized carbons (Fsp3) is 0.900. The molecule has 0 spiro atoms. The highest BCUT2D eigenvalue weighted by atomic mass is 28.4. The van der Waals surface area contributed by atoms with E-state index < -0.39 is 14.9 Å². The van der Waals surface area contributed by atoms with Gasteiger partial charge in [-0.2, -0.15) is 0 Å². The Morgan fingerprint density at radius 3 is 1.82 bits per heavy atom. The van der Waals surface area contributed by atoms with Gasteiger partial charge in [0.2, 0.25) is 0 Å². The lowest BCUT2D eigenvalue weighted by atomic mass is 10.7. The molecule has 0 radical (unpaired) electrons. The number of carbonyl (C=O) groups is 1. The van der Waals surface area contributed by atoms with Crippen LogP contribution in [0.15, 0.2) is 0 Å². The molecule has 7 heteroatoms. The van der Waals surface area contributed by atoms with E-state index in [1.54, 1.807) is 0 Å². The fourth-order valence-electron chi connectivity index (χ4n) is 1.40. The molecule has 0 heterocycles. The fourth-order valence-corrected chi connectivity index (χ4v) is 4.01. The van der Waals surface area contributed by atoms with Crippen LogP contribution < -0.4 is 0 Å². The van der Waals surface area contributed by atoms with Gasteiger partial charge in [0.05, 0.1) is 0 Å². The van der Waals surface area contributed by atoms with E-state index in [0.29, 0.717) is 32.4 Å². The largest absolute Gasteiger partial charge is 0.502 e. The van der Waals surface area contributed by atoms with Crippen molar-refractivity contribution in [2.75, 3.05) is 33.4 Å². The lowest BCUT2D eigenvalue weighted by Gasteiger charge is -2.29. The van der Waals surface area contributed by atoms with Crippen molar-refractivity contribution in [3.05, 3.63) is 0 Å². The predicted octanol–water partition coefficient (Wildman–Crippen LogP) is 1.64. The number of amides is 1. The number of hydrogen-bond donors (Lipinski definition) is 1. The predicted molar refractivity (Wildman–Crippen MR) is 66.1 cm³/mol. The summed E-state index contributed by atoms with van der Waals surface area (Å²) in [5, 5.41) is 8.79. The quantitative estimate of drug-likeness (QED) is 0.642. The maximum atomic E-state index is 10.7. The van der Waals surface area contributed by atoms with Crippen LogP contribution in [0.3, 0.4) is 0 Å². The Morgan fingerprint density at radius 1 is 1.12 bits per heavy atom. The molecule has 0 bridgehead atoms. The molecular weight excluding hydrogens is 242 g/mol. The summed E-state index contributed by atoms with van der Waals surface area (Å²) < 4.78 is 16.8. The molecule has 0 aromatic rings. The molecule has 0 aromatic carbocycles. The van der Waals surface area contributed by atoms with E-state index in [1.165, 1.54) is 11.9 Å². The highest BCUT2D eigenvalue weighted by molar-refractivity contribution is 6.60. The van der Waals surface area contributed by atoms with Crippen LogP contribution in [0.25, 0.3) is 0 Å². The van der Waals surface area contributed by atoms with Gasteiger partial charge in [-0.15, -0.1) is 0 Å². The lowest BCUT2D eigenvalue weighted by Crippen LogP contribution is -2.48. The van der Waals surface area contributed by atoms with Crippen molar-refractivity contribution in [2.24, 2.45) is 0 Å². The molecule has 0 rings (SSSR count). The minimum atomic E-state index is -2.71. The summed E-state index contributed by atoms with van der Waals surface area (Å²) in [4.78, 5) is 11.9. The van der Waals surface area contributed by atoms with E-state index in [-0.39, 0.29) is 0 Å². The molecule has 0 aliphatic heterocycles. The van der Waals surface area contributed by atoms with Gasteiger partial charge in [-0.25, -0.2) is 4.79 Å². The van der Waals surface area contributed by atoms with E-state index in [1.807, 2.05) is 20.8 Å². The van der Waals surface area contributed by atoms with Crippen molar-refractivity contribution in [1.29, 1.82) is 0 Å². The first kappa shape index (κ1) is 16.4. The Kier molecular flexibility index (Phi) is 8.14. The van der Waals surface area contributed by atoms with Gasteiger partial charge < -0.3 is 23.3 Å². The second-order valence-electron chi connectivity index (χ2n) is 3.44. The second-order valence-corrected chi connectivity index (χ2v) is 6.17. The summed E-state index contributed by atoms with van der Waals surface area (Å²) in [5.74, 6) is 0. The molecule has 1 amide bonds. The van der Waals surface area contributed by atoms with Crippen LogP contribution in [-0.4, -0.2) is 58.3 Å². The minimum absolute atomic E-state index is 0.349. The Labute approximate surface area is 104 Å². The van der Waals surface area contributed by atoms with Gasteiger partial charge in [-0.05, 0) is 20.8 Å². The Bertz CT molecular complexity index is 210. The lowest BCUT2D eigenvalue weighted by molar-refractivity contribution is 0.0688. The molecule has 0 unspecified atom stereocenters. The van der Waals surface area contributed by atoms with E-state index in [4.69, 9.17) is 18.4 Å². The van der Waals surface area contributed by atoms with Gasteiger partial charge >= 0.3 is 14.9 Å². The molecule has 0 saturated carbocycles. The van der Waals surface area contributed by atoms with Gasteiger partial charge in [-0.3, -0.25) is 0 Å². The van der Waals surface area contributed by atoms with Gasteiger partial charge in [-0.1, -0.05) is 0 Å². The molecule has 0 aliphatic rings. The van der Waals surface area contributed by atoms with Crippen molar-refractivity contribution < 1.29 is 23.2 Å². The van der Waals surface area contributed by atoms with Crippen LogP contribution >= 0.6 is 0 Å².